The third-order valence-electron chi connectivity index (χ3n) is 6.54. The normalized spacial score (nSPS) is 16.8. The fraction of sp³-hybridized carbons (Fsp3) is 0.462. The number of amides is 3. The average molecular weight is 558 g/mol. The van der Waals surface area contributed by atoms with Crippen molar-refractivity contribution in [1.82, 2.24) is 25.1 Å². The lowest BCUT2D eigenvalue weighted by Gasteiger charge is -2.35. The van der Waals surface area contributed by atoms with Gasteiger partial charge in [-0.25, -0.2) is 9.78 Å². The van der Waals surface area contributed by atoms with E-state index in [9.17, 15) is 29.4 Å². The zero-order chi connectivity index (χ0) is 27.8. The van der Waals surface area contributed by atoms with Gasteiger partial charge in [0.15, 0.2) is 5.82 Å². The number of ether oxygens (including phenoxy) is 1. The first-order valence-corrected chi connectivity index (χ1v) is 13.9. The minimum atomic E-state index is -1.13. The standard InChI is InChI=1S/C26H31N5O7S/c32-22(33)7-6-19(25(35)30-10-12-31(13-11-30)26(36)37)28-24(34)20-16-21(38-18-8-14-39-15-9-18)29-23(27-20)17-4-2-1-3-5-17/h1-5,16,18-19H,6-15H2,(H,28,34)(H,32,33)(H,36,37)/t19-/m0/s1. The van der Waals surface area contributed by atoms with Crippen LogP contribution >= 0.6 is 11.8 Å². The minimum Gasteiger partial charge on any atom is -0.481 e. The zero-order valence-electron chi connectivity index (χ0n) is 21.3. The van der Waals surface area contributed by atoms with Gasteiger partial charge in [-0.05, 0) is 30.8 Å². The molecular weight excluding hydrogens is 526 g/mol. The number of nitrogens with one attached hydrogen (secondary N) is 1. The second kappa shape index (κ2) is 13.3. The topological polar surface area (TPSA) is 162 Å². The highest BCUT2D eigenvalue weighted by Crippen LogP contribution is 2.24. The van der Waals surface area contributed by atoms with Gasteiger partial charge in [0.2, 0.25) is 11.8 Å². The molecule has 1 aromatic heterocycles. The smallest absolute Gasteiger partial charge is 0.407 e. The largest absolute Gasteiger partial charge is 0.481 e. The zero-order valence-corrected chi connectivity index (χ0v) is 22.1. The lowest BCUT2D eigenvalue weighted by molar-refractivity contribution is -0.138. The van der Waals surface area contributed by atoms with Crippen LogP contribution in [-0.4, -0.2) is 104 Å². The number of carbonyl (C=O) groups is 4. The van der Waals surface area contributed by atoms with E-state index in [1.165, 1.54) is 15.9 Å². The van der Waals surface area contributed by atoms with Gasteiger partial charge in [-0.15, -0.1) is 0 Å². The number of benzene rings is 1. The van der Waals surface area contributed by atoms with Gasteiger partial charge < -0.3 is 30.1 Å². The molecule has 2 aliphatic rings. The molecule has 0 bridgehead atoms. The molecule has 3 heterocycles. The summed E-state index contributed by atoms with van der Waals surface area (Å²) < 4.78 is 6.11. The Morgan fingerprint density at radius 3 is 2.31 bits per heavy atom. The summed E-state index contributed by atoms with van der Waals surface area (Å²) in [4.78, 5) is 60.7. The maximum absolute atomic E-state index is 13.4. The van der Waals surface area contributed by atoms with E-state index in [4.69, 9.17) is 4.74 Å². The van der Waals surface area contributed by atoms with Gasteiger partial charge in [0.1, 0.15) is 17.8 Å². The fourth-order valence-corrected chi connectivity index (χ4v) is 5.44. The van der Waals surface area contributed by atoms with Crippen molar-refractivity contribution in [2.75, 3.05) is 37.7 Å². The summed E-state index contributed by atoms with van der Waals surface area (Å²) in [5.74, 6) is 0.263. The Kier molecular flexibility index (Phi) is 9.58. The molecule has 0 saturated carbocycles. The number of aliphatic carboxylic acids is 1. The van der Waals surface area contributed by atoms with Gasteiger partial charge in [-0.3, -0.25) is 14.4 Å². The SMILES string of the molecule is O=C(O)CC[C@H](NC(=O)c1cc(OC2CCSCC2)nc(-c2ccccc2)n1)C(=O)N1CCN(C(=O)O)CC1. The number of aromatic nitrogens is 2. The number of hydrogen-bond donors (Lipinski definition) is 3. The molecule has 2 fully saturated rings. The predicted octanol–water partition coefficient (Wildman–Crippen LogP) is 2.20. The fourth-order valence-electron chi connectivity index (χ4n) is 4.38. The van der Waals surface area contributed by atoms with E-state index in [-0.39, 0.29) is 56.7 Å². The molecule has 0 unspecified atom stereocenters. The van der Waals surface area contributed by atoms with Crippen LogP contribution in [-0.2, 0) is 9.59 Å². The third-order valence-corrected chi connectivity index (χ3v) is 7.58. The maximum Gasteiger partial charge on any atom is 0.407 e. The van der Waals surface area contributed by atoms with Crippen molar-refractivity contribution in [3.8, 4) is 17.3 Å². The summed E-state index contributed by atoms with van der Waals surface area (Å²) in [6.07, 6.45) is 0.156. The minimum absolute atomic E-state index is 0.00661. The number of carboxylic acid groups (broad SMARTS) is 2. The third kappa shape index (κ3) is 7.82. The molecule has 0 radical (unpaired) electrons. The molecule has 0 aliphatic carbocycles. The molecule has 1 atom stereocenters. The number of piperazine rings is 1. The Balaban J connectivity index is 1.55. The molecule has 1 aromatic carbocycles. The first kappa shape index (κ1) is 28.1. The lowest BCUT2D eigenvalue weighted by Crippen LogP contribution is -2.55. The van der Waals surface area contributed by atoms with Gasteiger partial charge in [-0.2, -0.15) is 16.7 Å². The van der Waals surface area contributed by atoms with Crippen LogP contribution in [0.15, 0.2) is 36.4 Å². The highest BCUT2D eigenvalue weighted by atomic mass is 32.2. The van der Waals surface area contributed by atoms with E-state index in [1.54, 1.807) is 0 Å². The van der Waals surface area contributed by atoms with E-state index in [1.807, 2.05) is 42.1 Å². The molecule has 3 N–H and O–H groups in total. The van der Waals surface area contributed by atoms with E-state index >= 15 is 0 Å². The van der Waals surface area contributed by atoms with E-state index < -0.39 is 29.9 Å². The Morgan fingerprint density at radius 2 is 1.67 bits per heavy atom. The summed E-state index contributed by atoms with van der Waals surface area (Å²) in [6.45, 7) is 0.558. The lowest BCUT2D eigenvalue weighted by atomic mass is 10.1. The molecular formula is C26H31N5O7S. The van der Waals surface area contributed by atoms with Gasteiger partial charge in [0.05, 0.1) is 0 Å². The predicted molar refractivity (Wildman–Crippen MR) is 143 cm³/mol. The summed E-state index contributed by atoms with van der Waals surface area (Å²) in [7, 11) is 0. The Bertz CT molecular complexity index is 1180. The van der Waals surface area contributed by atoms with E-state index in [0.29, 0.717) is 11.4 Å². The van der Waals surface area contributed by atoms with Crippen LogP contribution in [0.2, 0.25) is 0 Å². The highest BCUT2D eigenvalue weighted by molar-refractivity contribution is 7.99. The monoisotopic (exact) mass is 557 g/mol. The van der Waals surface area contributed by atoms with Crippen LogP contribution in [0.4, 0.5) is 4.79 Å². The summed E-state index contributed by atoms with van der Waals surface area (Å²) in [5, 5.41) is 21.0. The van der Waals surface area contributed by atoms with E-state index in [0.717, 1.165) is 24.3 Å². The second-order valence-corrected chi connectivity index (χ2v) is 10.5. The Hall–Kier alpha value is -3.87. The first-order chi connectivity index (χ1) is 18.8. The molecule has 2 aliphatic heterocycles. The van der Waals surface area contributed by atoms with E-state index in [2.05, 4.69) is 15.3 Å². The number of carboxylic acids is 1. The van der Waals surface area contributed by atoms with Crippen LogP contribution in [0.5, 0.6) is 5.88 Å². The molecule has 2 aromatic rings. The molecule has 4 rings (SSSR count). The highest BCUT2D eigenvalue weighted by Gasteiger charge is 2.31. The molecule has 208 valence electrons. The van der Waals surface area contributed by atoms with Crippen LogP contribution < -0.4 is 10.1 Å². The molecule has 39 heavy (non-hydrogen) atoms. The van der Waals surface area contributed by atoms with Crippen LogP contribution in [0.25, 0.3) is 11.4 Å². The van der Waals surface area contributed by atoms with Crippen molar-refractivity contribution in [2.45, 2.75) is 37.8 Å². The summed E-state index contributed by atoms with van der Waals surface area (Å²) in [6, 6.07) is 9.45. The molecule has 3 amide bonds. The Labute approximate surface area is 229 Å². The summed E-state index contributed by atoms with van der Waals surface area (Å²) >= 11 is 1.86. The maximum atomic E-state index is 13.4. The Morgan fingerprint density at radius 1 is 1.00 bits per heavy atom. The molecule has 12 nitrogen and oxygen atoms in total. The number of nitrogens with zero attached hydrogens (tertiary/aromatic N) is 4. The number of hydrogen-bond acceptors (Lipinski definition) is 8. The van der Waals surface area contributed by atoms with Crippen molar-refractivity contribution < 1.29 is 34.1 Å². The quantitative estimate of drug-likeness (QED) is 0.417. The molecule has 0 spiro atoms. The average Bonchev–Trinajstić information content (AvgIpc) is 2.95. The van der Waals surface area contributed by atoms with Crippen molar-refractivity contribution in [2.24, 2.45) is 0 Å². The second-order valence-electron chi connectivity index (χ2n) is 9.26. The van der Waals surface area contributed by atoms with Crippen molar-refractivity contribution in [1.29, 1.82) is 0 Å². The van der Waals surface area contributed by atoms with Gasteiger partial charge >= 0.3 is 12.1 Å². The number of carbonyl (C=O) groups excluding carboxylic acids is 2. The number of thioether (sulfide) groups is 1. The van der Waals surface area contributed by atoms with Crippen LogP contribution in [0.3, 0.4) is 0 Å². The van der Waals surface area contributed by atoms with Gasteiger partial charge in [-0.1, -0.05) is 30.3 Å². The first-order valence-electron chi connectivity index (χ1n) is 12.8. The number of rotatable bonds is 9. The molecule has 2 saturated heterocycles. The van der Waals surface area contributed by atoms with Crippen LogP contribution in [0.1, 0.15) is 36.2 Å². The summed E-state index contributed by atoms with van der Waals surface area (Å²) in [5.41, 5.74) is 0.680. The van der Waals surface area contributed by atoms with Crippen LogP contribution in [0, 0.1) is 0 Å². The van der Waals surface area contributed by atoms with Gasteiger partial charge in [0.25, 0.3) is 5.91 Å². The molecule has 13 heteroatoms. The van der Waals surface area contributed by atoms with Crippen molar-refractivity contribution in [3.05, 3.63) is 42.1 Å². The van der Waals surface area contributed by atoms with Crippen molar-refractivity contribution in [3.63, 3.8) is 0 Å². The van der Waals surface area contributed by atoms with Crippen molar-refractivity contribution >= 4 is 35.6 Å². The van der Waals surface area contributed by atoms with Gasteiger partial charge in [0, 0.05) is 44.2 Å².